The van der Waals surface area contributed by atoms with Crippen LogP contribution in [0.25, 0.3) is 0 Å². The number of hydrogen-bond donors (Lipinski definition) is 2. The molecule has 122 valence electrons. The Morgan fingerprint density at radius 1 is 1.52 bits per heavy atom. The van der Waals surface area contributed by atoms with E-state index in [0.29, 0.717) is 27.7 Å². The summed E-state index contributed by atoms with van der Waals surface area (Å²) in [6.45, 7) is 0. The quantitative estimate of drug-likeness (QED) is 0.852. The number of benzene rings is 1. The summed E-state index contributed by atoms with van der Waals surface area (Å²) in [5, 5.41) is 6.11. The van der Waals surface area contributed by atoms with Gasteiger partial charge in [-0.05, 0) is 31.0 Å². The van der Waals surface area contributed by atoms with Gasteiger partial charge in [0, 0.05) is 11.4 Å². The highest BCUT2D eigenvalue weighted by molar-refractivity contribution is 8.15. The molecule has 1 unspecified atom stereocenters. The topological polar surface area (TPSA) is 79.8 Å². The van der Waals surface area contributed by atoms with E-state index >= 15 is 0 Å². The van der Waals surface area contributed by atoms with E-state index in [0.717, 1.165) is 12.8 Å². The van der Waals surface area contributed by atoms with Gasteiger partial charge in [0.2, 0.25) is 11.8 Å². The number of aliphatic imine (C=N–C) groups is 1. The predicted molar refractivity (Wildman–Crippen MR) is 91.2 cm³/mol. The minimum absolute atomic E-state index is 0.0653. The molecule has 6 nitrogen and oxygen atoms in total. The number of thioether (sulfide) groups is 1. The number of nitrogens with zero attached hydrogens (tertiary/aromatic N) is 1. The largest absolute Gasteiger partial charge is 0.495 e. The van der Waals surface area contributed by atoms with E-state index in [1.807, 2.05) is 0 Å². The lowest BCUT2D eigenvalue weighted by Crippen LogP contribution is -2.28. The molecule has 0 bridgehead atoms. The van der Waals surface area contributed by atoms with Gasteiger partial charge in [-0.1, -0.05) is 23.4 Å². The van der Waals surface area contributed by atoms with Crippen LogP contribution in [-0.4, -0.2) is 35.4 Å². The minimum Gasteiger partial charge on any atom is -0.495 e. The number of anilines is 1. The van der Waals surface area contributed by atoms with E-state index < -0.39 is 5.25 Å². The molecule has 2 N–H and O–H groups in total. The maximum absolute atomic E-state index is 12.2. The van der Waals surface area contributed by atoms with E-state index in [2.05, 4.69) is 15.6 Å². The first kappa shape index (κ1) is 16.1. The molecule has 0 spiro atoms. The van der Waals surface area contributed by atoms with Crippen molar-refractivity contribution in [3.8, 4) is 5.75 Å². The lowest BCUT2D eigenvalue weighted by atomic mass is 10.2. The molecular weight excluding hydrogens is 338 g/mol. The van der Waals surface area contributed by atoms with E-state index in [-0.39, 0.29) is 18.2 Å². The Labute approximate surface area is 143 Å². The standard InChI is InChI=1S/C15H16ClN3O3S/c1-22-11-5-2-8(16)6-10(11)18-13(20)7-12-14(21)19-15(23-12)17-9-3-4-9/h2,5-6,9,12H,3-4,7H2,1H3,(H,18,20)(H,17,19,21). The number of methoxy groups -OCH3 is 1. The summed E-state index contributed by atoms with van der Waals surface area (Å²) in [7, 11) is 1.51. The third kappa shape index (κ3) is 4.17. The average molecular weight is 354 g/mol. The Kier molecular flexibility index (Phi) is 4.77. The van der Waals surface area contributed by atoms with Crippen LogP contribution in [0.3, 0.4) is 0 Å². The SMILES string of the molecule is COc1ccc(Cl)cc1NC(=O)CC1SC(=NC2CC2)NC1=O. The second-order valence-corrected chi connectivity index (χ2v) is 6.99. The summed E-state index contributed by atoms with van der Waals surface area (Å²) >= 11 is 7.24. The first-order valence-corrected chi connectivity index (χ1v) is 8.49. The fourth-order valence-corrected chi connectivity index (χ4v) is 3.33. The normalized spacial score (nSPS) is 22.1. The molecule has 2 fully saturated rings. The molecule has 2 aliphatic rings. The monoisotopic (exact) mass is 353 g/mol. The number of amides is 2. The average Bonchev–Trinajstić information content (AvgIpc) is 3.24. The molecule has 0 aromatic heterocycles. The van der Waals surface area contributed by atoms with Gasteiger partial charge < -0.3 is 15.4 Å². The van der Waals surface area contributed by atoms with Gasteiger partial charge in [-0.25, -0.2) is 0 Å². The van der Waals surface area contributed by atoms with E-state index in [9.17, 15) is 9.59 Å². The van der Waals surface area contributed by atoms with E-state index in [1.54, 1.807) is 18.2 Å². The first-order chi connectivity index (χ1) is 11.0. The summed E-state index contributed by atoms with van der Waals surface area (Å²) in [5.41, 5.74) is 0.486. The lowest BCUT2D eigenvalue weighted by Gasteiger charge is -2.11. The number of carbonyl (C=O) groups excluding carboxylic acids is 2. The Morgan fingerprint density at radius 2 is 2.30 bits per heavy atom. The summed E-state index contributed by atoms with van der Waals surface area (Å²) in [6.07, 6.45) is 2.20. The molecule has 1 saturated heterocycles. The van der Waals surface area contributed by atoms with Crippen molar-refractivity contribution in [2.75, 3.05) is 12.4 Å². The molecule has 1 atom stereocenters. The molecule has 1 aromatic rings. The van der Waals surface area contributed by atoms with Crippen molar-refractivity contribution in [2.45, 2.75) is 30.6 Å². The molecule has 3 rings (SSSR count). The minimum atomic E-state index is -0.460. The number of nitrogens with one attached hydrogen (secondary N) is 2. The zero-order valence-corrected chi connectivity index (χ0v) is 14.0. The fraction of sp³-hybridized carbons (Fsp3) is 0.400. The molecule has 8 heteroatoms. The highest BCUT2D eigenvalue weighted by Crippen LogP contribution is 2.30. The predicted octanol–water partition coefficient (Wildman–Crippen LogP) is 2.43. The van der Waals surface area contributed by atoms with Crippen LogP contribution >= 0.6 is 23.4 Å². The second-order valence-electron chi connectivity index (χ2n) is 5.36. The molecule has 0 radical (unpaired) electrons. The van der Waals surface area contributed by atoms with E-state index in [4.69, 9.17) is 16.3 Å². The number of ether oxygens (including phenoxy) is 1. The van der Waals surface area contributed by atoms with Crippen LogP contribution in [-0.2, 0) is 9.59 Å². The summed E-state index contributed by atoms with van der Waals surface area (Å²) in [6, 6.07) is 5.30. The van der Waals surface area contributed by atoms with Gasteiger partial charge in [-0.3, -0.25) is 14.6 Å². The Hall–Kier alpha value is -1.73. The van der Waals surface area contributed by atoms with Crippen molar-refractivity contribution in [2.24, 2.45) is 4.99 Å². The second kappa shape index (κ2) is 6.80. The highest BCUT2D eigenvalue weighted by atomic mass is 35.5. The van der Waals surface area contributed by atoms with Gasteiger partial charge in [0.1, 0.15) is 11.0 Å². The number of halogens is 1. The molecule has 1 aliphatic carbocycles. The van der Waals surface area contributed by atoms with Gasteiger partial charge in [-0.15, -0.1) is 0 Å². The molecule has 1 aliphatic heterocycles. The van der Waals surface area contributed by atoms with Crippen LogP contribution in [0.1, 0.15) is 19.3 Å². The maximum atomic E-state index is 12.2. The van der Waals surface area contributed by atoms with Gasteiger partial charge in [-0.2, -0.15) is 0 Å². The van der Waals surface area contributed by atoms with Gasteiger partial charge >= 0.3 is 0 Å². The van der Waals surface area contributed by atoms with Crippen molar-refractivity contribution < 1.29 is 14.3 Å². The fourth-order valence-electron chi connectivity index (χ4n) is 2.12. The zero-order valence-electron chi connectivity index (χ0n) is 12.5. The molecule has 1 aromatic carbocycles. The molecule has 23 heavy (non-hydrogen) atoms. The van der Waals surface area contributed by atoms with Crippen LogP contribution in [0.2, 0.25) is 5.02 Å². The molecule has 1 heterocycles. The number of rotatable bonds is 5. The van der Waals surface area contributed by atoms with Crippen LogP contribution in [0.5, 0.6) is 5.75 Å². The number of amidine groups is 1. The van der Waals surface area contributed by atoms with Crippen molar-refractivity contribution >= 4 is 46.0 Å². The van der Waals surface area contributed by atoms with E-state index in [1.165, 1.54) is 18.9 Å². The molecule has 1 saturated carbocycles. The number of hydrogen-bond acceptors (Lipinski definition) is 5. The third-order valence-electron chi connectivity index (χ3n) is 3.43. The third-order valence-corrected chi connectivity index (χ3v) is 4.76. The molecule has 2 amide bonds. The summed E-state index contributed by atoms with van der Waals surface area (Å²) < 4.78 is 5.18. The van der Waals surface area contributed by atoms with Crippen molar-refractivity contribution in [1.82, 2.24) is 5.32 Å². The number of carbonyl (C=O) groups is 2. The van der Waals surface area contributed by atoms with Gasteiger partial charge in [0.05, 0.1) is 18.8 Å². The zero-order chi connectivity index (χ0) is 16.4. The first-order valence-electron chi connectivity index (χ1n) is 7.24. The van der Waals surface area contributed by atoms with Crippen molar-refractivity contribution in [1.29, 1.82) is 0 Å². The van der Waals surface area contributed by atoms with Gasteiger partial charge in [0.15, 0.2) is 5.17 Å². The van der Waals surface area contributed by atoms with Crippen LogP contribution in [0, 0.1) is 0 Å². The Bertz CT molecular complexity index is 676. The molecular formula is C15H16ClN3O3S. The highest BCUT2D eigenvalue weighted by Gasteiger charge is 2.33. The Morgan fingerprint density at radius 3 is 3.00 bits per heavy atom. The summed E-state index contributed by atoms with van der Waals surface area (Å²) in [5.74, 6) is 0.0655. The van der Waals surface area contributed by atoms with Crippen molar-refractivity contribution in [3.05, 3.63) is 23.2 Å². The Balaban J connectivity index is 1.61. The smallest absolute Gasteiger partial charge is 0.240 e. The lowest BCUT2D eigenvalue weighted by molar-refractivity contribution is -0.122. The summed E-state index contributed by atoms with van der Waals surface area (Å²) in [4.78, 5) is 28.5. The van der Waals surface area contributed by atoms with Crippen LogP contribution in [0.15, 0.2) is 23.2 Å². The maximum Gasteiger partial charge on any atom is 0.240 e. The van der Waals surface area contributed by atoms with Gasteiger partial charge in [0.25, 0.3) is 0 Å². The van der Waals surface area contributed by atoms with Crippen LogP contribution in [0.4, 0.5) is 5.69 Å². The van der Waals surface area contributed by atoms with Crippen LogP contribution < -0.4 is 15.4 Å². The van der Waals surface area contributed by atoms with Crippen molar-refractivity contribution in [3.63, 3.8) is 0 Å².